The molecule has 0 unspecified atom stereocenters. The van der Waals surface area contributed by atoms with Gasteiger partial charge in [0.05, 0.1) is 5.71 Å². The molecule has 0 bridgehead atoms. The predicted octanol–water partition coefficient (Wildman–Crippen LogP) is 3.16. The second-order valence-electron chi connectivity index (χ2n) is 6.33. The van der Waals surface area contributed by atoms with Crippen molar-refractivity contribution in [2.45, 2.75) is 24.8 Å². The molecule has 1 aliphatic rings. The molecule has 1 aliphatic heterocycles. The third-order valence-electron chi connectivity index (χ3n) is 4.23. The second kappa shape index (κ2) is 7.81. The van der Waals surface area contributed by atoms with Crippen molar-refractivity contribution in [3.05, 3.63) is 59.2 Å². The maximum absolute atomic E-state index is 6.10. The summed E-state index contributed by atoms with van der Waals surface area (Å²) in [6.07, 6.45) is 0. The van der Waals surface area contributed by atoms with Gasteiger partial charge in [0.1, 0.15) is 0 Å². The van der Waals surface area contributed by atoms with Gasteiger partial charge in [-0.2, -0.15) is 5.10 Å². The van der Waals surface area contributed by atoms with Crippen LogP contribution >= 0.6 is 11.8 Å². The van der Waals surface area contributed by atoms with E-state index in [9.17, 15) is 0 Å². The number of aromatic nitrogens is 3. The maximum Gasteiger partial charge on any atom is 0.264 e. The molecule has 0 aliphatic carbocycles. The molecule has 2 heterocycles. The summed E-state index contributed by atoms with van der Waals surface area (Å²) in [6.45, 7) is 4.20. The number of hydrazone groups is 1. The number of nitrogens with one attached hydrogen (secondary N) is 1. The van der Waals surface area contributed by atoms with E-state index in [-0.39, 0.29) is 6.79 Å². The topological polar surface area (TPSA) is 99.6 Å². The highest BCUT2D eigenvalue weighted by Crippen LogP contribution is 2.32. The Morgan fingerprint density at radius 1 is 1.21 bits per heavy atom. The van der Waals surface area contributed by atoms with Crippen molar-refractivity contribution >= 4 is 23.4 Å². The molecule has 28 heavy (non-hydrogen) atoms. The van der Waals surface area contributed by atoms with Gasteiger partial charge in [0, 0.05) is 11.3 Å². The molecular weight excluding hydrogens is 376 g/mol. The Morgan fingerprint density at radius 3 is 2.93 bits per heavy atom. The number of fused-ring (bicyclic) bond motifs is 1. The van der Waals surface area contributed by atoms with E-state index in [4.69, 9.17) is 15.3 Å². The summed E-state index contributed by atoms with van der Waals surface area (Å²) in [7, 11) is 0. The van der Waals surface area contributed by atoms with E-state index in [2.05, 4.69) is 45.8 Å². The number of anilines is 1. The first-order valence-corrected chi connectivity index (χ1v) is 9.68. The number of benzene rings is 2. The zero-order chi connectivity index (χ0) is 19.5. The molecule has 0 saturated heterocycles. The zero-order valence-electron chi connectivity index (χ0n) is 15.5. The van der Waals surface area contributed by atoms with E-state index < -0.39 is 0 Å². The third-order valence-corrected chi connectivity index (χ3v) is 5.24. The predicted molar refractivity (Wildman–Crippen MR) is 109 cm³/mol. The van der Waals surface area contributed by atoms with Gasteiger partial charge in [-0.3, -0.25) is 0 Å². The molecule has 0 atom stereocenters. The van der Waals surface area contributed by atoms with Crippen molar-refractivity contribution in [1.29, 1.82) is 0 Å². The summed E-state index contributed by atoms with van der Waals surface area (Å²) in [5.74, 6) is 8.68. The zero-order valence-corrected chi connectivity index (χ0v) is 16.4. The van der Waals surface area contributed by atoms with E-state index >= 15 is 0 Å². The molecule has 0 amide bonds. The van der Waals surface area contributed by atoms with Crippen molar-refractivity contribution in [2.24, 2.45) is 5.10 Å². The number of hydrogen-bond acceptors (Lipinski definition) is 8. The van der Waals surface area contributed by atoms with E-state index in [0.29, 0.717) is 16.9 Å². The molecule has 0 saturated carbocycles. The smallest absolute Gasteiger partial charge is 0.264 e. The van der Waals surface area contributed by atoms with E-state index in [1.54, 1.807) is 0 Å². The molecule has 9 heteroatoms. The summed E-state index contributed by atoms with van der Waals surface area (Å²) in [5, 5.41) is 13.2. The third kappa shape index (κ3) is 3.89. The van der Waals surface area contributed by atoms with E-state index in [1.165, 1.54) is 27.6 Å². The summed E-state index contributed by atoms with van der Waals surface area (Å²) >= 11 is 1.52. The van der Waals surface area contributed by atoms with E-state index in [1.807, 2.05) is 31.2 Å². The van der Waals surface area contributed by atoms with Crippen LogP contribution in [0.3, 0.4) is 0 Å². The second-order valence-corrected chi connectivity index (χ2v) is 7.27. The molecule has 8 nitrogen and oxygen atoms in total. The van der Waals surface area contributed by atoms with Crippen molar-refractivity contribution in [3.8, 4) is 11.5 Å². The molecule has 3 N–H and O–H groups in total. The van der Waals surface area contributed by atoms with Gasteiger partial charge in [0.25, 0.3) is 5.95 Å². The highest BCUT2D eigenvalue weighted by atomic mass is 32.2. The van der Waals surface area contributed by atoms with Crippen LogP contribution in [0.1, 0.15) is 23.6 Å². The quantitative estimate of drug-likeness (QED) is 0.286. The number of ether oxygens (including phenoxy) is 2. The van der Waals surface area contributed by atoms with Gasteiger partial charge < -0.3 is 15.3 Å². The van der Waals surface area contributed by atoms with Crippen LogP contribution in [0.5, 0.6) is 11.5 Å². The summed E-state index contributed by atoms with van der Waals surface area (Å²) in [5.41, 5.74) is 6.98. The summed E-state index contributed by atoms with van der Waals surface area (Å²) in [4.78, 5) is 0. The van der Waals surface area contributed by atoms with Crippen molar-refractivity contribution in [2.75, 3.05) is 18.1 Å². The Bertz CT molecular complexity index is 1030. The fraction of sp³-hybridized carbons (Fsp3) is 0.211. The average Bonchev–Trinajstić information content (AvgIpc) is 3.30. The Hall–Kier alpha value is -3.20. The van der Waals surface area contributed by atoms with Gasteiger partial charge in [0.2, 0.25) is 11.9 Å². The van der Waals surface area contributed by atoms with Crippen LogP contribution in [0.15, 0.2) is 52.7 Å². The fourth-order valence-electron chi connectivity index (χ4n) is 2.72. The lowest BCUT2D eigenvalue weighted by molar-refractivity contribution is 0.174. The normalized spacial score (nSPS) is 13.0. The molecule has 3 aromatic rings. The van der Waals surface area contributed by atoms with Gasteiger partial charge in [-0.25, -0.2) is 10.1 Å². The molecule has 144 valence electrons. The molecular formula is C19H20N6O2S. The largest absolute Gasteiger partial charge is 0.454 e. The highest BCUT2D eigenvalue weighted by molar-refractivity contribution is 7.98. The molecule has 0 fully saturated rings. The van der Waals surface area contributed by atoms with Crippen LogP contribution in [-0.4, -0.2) is 27.4 Å². The number of nitrogens with zero attached hydrogens (tertiary/aromatic N) is 4. The lowest BCUT2D eigenvalue weighted by Gasteiger charge is -2.05. The van der Waals surface area contributed by atoms with Crippen LogP contribution in [0.4, 0.5) is 5.95 Å². The SMILES string of the molecule is C/C(=N\Nc1nnc(SCc2cccc(C)c2)n1N)c1ccc2c(c1)OCO2. The minimum Gasteiger partial charge on any atom is -0.454 e. The monoisotopic (exact) mass is 396 g/mol. The standard InChI is InChI=1S/C19H20N6O2S/c1-12-4-3-5-14(8-12)10-28-19-24-23-18(25(19)20)22-21-13(2)15-6-7-16-17(9-15)27-11-26-16/h3-9H,10-11,20H2,1-2H3,(H,22,23)/b21-13+. The molecule has 1 aromatic heterocycles. The first kappa shape index (κ1) is 18.2. The summed E-state index contributed by atoms with van der Waals surface area (Å²) in [6, 6.07) is 14.0. The van der Waals surface area contributed by atoms with Crippen molar-refractivity contribution < 1.29 is 9.47 Å². The molecule has 2 aromatic carbocycles. The first-order valence-electron chi connectivity index (χ1n) is 8.69. The Balaban J connectivity index is 1.42. The molecule has 4 rings (SSSR count). The average molecular weight is 396 g/mol. The highest BCUT2D eigenvalue weighted by Gasteiger charge is 2.14. The van der Waals surface area contributed by atoms with Crippen molar-refractivity contribution in [3.63, 3.8) is 0 Å². The number of rotatable bonds is 6. The fourth-order valence-corrected chi connectivity index (χ4v) is 3.52. The minimum absolute atomic E-state index is 0.243. The Labute approximate surface area is 166 Å². The van der Waals surface area contributed by atoms with Gasteiger partial charge in [-0.1, -0.05) is 41.6 Å². The molecule has 0 radical (unpaired) electrons. The number of nitrogen functional groups attached to an aromatic ring is 1. The Morgan fingerprint density at radius 2 is 2.07 bits per heavy atom. The van der Waals surface area contributed by atoms with Gasteiger partial charge in [-0.15, -0.1) is 10.2 Å². The van der Waals surface area contributed by atoms with Gasteiger partial charge >= 0.3 is 0 Å². The van der Waals surface area contributed by atoms with Crippen LogP contribution < -0.4 is 20.7 Å². The lowest BCUT2D eigenvalue weighted by Crippen LogP contribution is -2.13. The maximum atomic E-state index is 6.10. The van der Waals surface area contributed by atoms with Gasteiger partial charge in [-0.05, 0) is 37.6 Å². The van der Waals surface area contributed by atoms with Gasteiger partial charge in [0.15, 0.2) is 11.5 Å². The number of nitrogens with two attached hydrogens (primary N) is 1. The number of hydrogen-bond donors (Lipinski definition) is 2. The molecule has 0 spiro atoms. The number of thioether (sulfide) groups is 1. The Kier molecular flexibility index (Phi) is 5.07. The van der Waals surface area contributed by atoms with Crippen LogP contribution in [-0.2, 0) is 5.75 Å². The van der Waals surface area contributed by atoms with Crippen molar-refractivity contribution in [1.82, 2.24) is 14.9 Å². The van der Waals surface area contributed by atoms with Crippen LogP contribution in [0.25, 0.3) is 0 Å². The lowest BCUT2D eigenvalue weighted by atomic mass is 10.1. The van der Waals surface area contributed by atoms with Crippen LogP contribution in [0, 0.1) is 6.92 Å². The number of aryl methyl sites for hydroxylation is 1. The van der Waals surface area contributed by atoms with Crippen LogP contribution in [0.2, 0.25) is 0 Å². The first-order chi connectivity index (χ1) is 13.6. The minimum atomic E-state index is 0.243. The summed E-state index contributed by atoms with van der Waals surface area (Å²) < 4.78 is 12.1. The van der Waals surface area contributed by atoms with E-state index in [0.717, 1.165) is 22.8 Å².